The molecule has 116 valence electrons. The zero-order valence-electron chi connectivity index (χ0n) is 12.3. The van der Waals surface area contributed by atoms with Crippen molar-refractivity contribution in [3.63, 3.8) is 0 Å². The number of oxazole rings is 1. The third kappa shape index (κ3) is 3.11. The molecule has 0 bridgehead atoms. The summed E-state index contributed by atoms with van der Waals surface area (Å²) in [6.07, 6.45) is -0.0197. The molecule has 0 saturated heterocycles. The van der Waals surface area contributed by atoms with Gasteiger partial charge < -0.3 is 4.42 Å². The highest BCUT2D eigenvalue weighted by Gasteiger charge is 2.16. The molecule has 5 nitrogen and oxygen atoms in total. The molecule has 0 atom stereocenters. The van der Waals surface area contributed by atoms with Gasteiger partial charge in [-0.2, -0.15) is 4.98 Å². The molecular weight excluding hydrogens is 299 g/mol. The van der Waals surface area contributed by atoms with E-state index in [9.17, 15) is 14.0 Å². The molecule has 6 heteroatoms. The molecule has 1 amide bonds. The van der Waals surface area contributed by atoms with E-state index in [1.807, 2.05) is 0 Å². The number of hydrogen-bond donors (Lipinski definition) is 1. The molecule has 0 unspecified atom stereocenters. The Morgan fingerprint density at radius 1 is 1.17 bits per heavy atom. The fourth-order valence-electron chi connectivity index (χ4n) is 2.22. The van der Waals surface area contributed by atoms with Gasteiger partial charge >= 0.3 is 6.01 Å². The zero-order chi connectivity index (χ0) is 16.4. The van der Waals surface area contributed by atoms with Crippen LogP contribution in [0.4, 0.5) is 10.4 Å². The quantitative estimate of drug-likeness (QED) is 0.802. The summed E-state index contributed by atoms with van der Waals surface area (Å²) in [6.45, 7) is 1.38. The fraction of sp³-hybridized carbons (Fsp3) is 0.118. The van der Waals surface area contributed by atoms with Gasteiger partial charge in [0.05, 0.1) is 0 Å². The van der Waals surface area contributed by atoms with Crippen LogP contribution in [0.1, 0.15) is 22.8 Å². The Bertz CT molecular complexity index is 887. The van der Waals surface area contributed by atoms with Crippen LogP contribution in [0.25, 0.3) is 11.1 Å². The van der Waals surface area contributed by atoms with Crippen molar-refractivity contribution >= 4 is 28.8 Å². The second-order valence-electron chi connectivity index (χ2n) is 5.10. The standard InChI is InChI=1S/C17H13FN2O3/c1-10(21)9-12-7-8-13-15(14(12)18)23-17(19-13)20-16(22)11-5-3-2-4-6-11/h2-8H,9H2,1H3,(H,19,20,22). The minimum Gasteiger partial charge on any atom is -0.420 e. The van der Waals surface area contributed by atoms with Crippen LogP contribution >= 0.6 is 0 Å². The van der Waals surface area contributed by atoms with Gasteiger partial charge in [-0.3, -0.25) is 14.9 Å². The highest BCUT2D eigenvalue weighted by atomic mass is 19.1. The van der Waals surface area contributed by atoms with Crippen molar-refractivity contribution in [2.75, 3.05) is 5.32 Å². The molecule has 23 heavy (non-hydrogen) atoms. The Morgan fingerprint density at radius 2 is 1.91 bits per heavy atom. The molecule has 1 heterocycles. The van der Waals surface area contributed by atoms with Crippen molar-refractivity contribution in [1.29, 1.82) is 0 Å². The number of nitrogens with zero attached hydrogens (tertiary/aromatic N) is 1. The van der Waals surface area contributed by atoms with E-state index >= 15 is 0 Å². The van der Waals surface area contributed by atoms with Crippen molar-refractivity contribution in [3.05, 3.63) is 59.4 Å². The monoisotopic (exact) mass is 312 g/mol. The van der Waals surface area contributed by atoms with Gasteiger partial charge in [-0.05, 0) is 30.7 Å². The predicted molar refractivity (Wildman–Crippen MR) is 82.7 cm³/mol. The number of halogens is 1. The van der Waals surface area contributed by atoms with E-state index in [4.69, 9.17) is 4.42 Å². The van der Waals surface area contributed by atoms with E-state index in [1.165, 1.54) is 13.0 Å². The maximum atomic E-state index is 14.3. The van der Waals surface area contributed by atoms with Crippen LogP contribution in [0.2, 0.25) is 0 Å². The van der Waals surface area contributed by atoms with Crippen molar-refractivity contribution in [2.24, 2.45) is 0 Å². The minimum atomic E-state index is -0.634. The topological polar surface area (TPSA) is 72.2 Å². The maximum absolute atomic E-state index is 14.3. The molecule has 0 radical (unpaired) electrons. The number of amides is 1. The number of anilines is 1. The van der Waals surface area contributed by atoms with Gasteiger partial charge in [0.2, 0.25) is 0 Å². The highest BCUT2D eigenvalue weighted by Crippen LogP contribution is 2.25. The largest absolute Gasteiger partial charge is 0.420 e. The first-order chi connectivity index (χ1) is 11.0. The summed E-state index contributed by atoms with van der Waals surface area (Å²) in [5.41, 5.74) is 0.875. The van der Waals surface area contributed by atoms with E-state index in [0.717, 1.165) is 0 Å². The SMILES string of the molecule is CC(=O)Cc1ccc2nc(NC(=O)c3ccccc3)oc2c1F. The Morgan fingerprint density at radius 3 is 2.61 bits per heavy atom. The van der Waals surface area contributed by atoms with E-state index in [1.54, 1.807) is 36.4 Å². The van der Waals surface area contributed by atoms with E-state index in [0.29, 0.717) is 5.56 Å². The first kappa shape index (κ1) is 14.9. The van der Waals surface area contributed by atoms with Gasteiger partial charge in [-0.25, -0.2) is 4.39 Å². The lowest BCUT2D eigenvalue weighted by molar-refractivity contribution is -0.116. The Kier molecular flexibility index (Phi) is 3.89. The van der Waals surface area contributed by atoms with E-state index in [-0.39, 0.29) is 34.9 Å². The maximum Gasteiger partial charge on any atom is 0.302 e. The molecule has 3 rings (SSSR count). The summed E-state index contributed by atoms with van der Waals surface area (Å²) >= 11 is 0. The van der Waals surface area contributed by atoms with Gasteiger partial charge in [-0.15, -0.1) is 0 Å². The van der Waals surface area contributed by atoms with Gasteiger partial charge in [0.15, 0.2) is 11.4 Å². The van der Waals surface area contributed by atoms with Crippen LogP contribution in [0, 0.1) is 5.82 Å². The molecule has 0 aliphatic heterocycles. The van der Waals surface area contributed by atoms with Crippen molar-refractivity contribution in [1.82, 2.24) is 4.98 Å². The summed E-state index contributed by atoms with van der Waals surface area (Å²) in [5.74, 6) is -1.19. The zero-order valence-corrected chi connectivity index (χ0v) is 12.3. The first-order valence-corrected chi connectivity index (χ1v) is 6.98. The number of ketones is 1. The Labute approximate surface area is 131 Å². The molecule has 0 fully saturated rings. The molecule has 0 spiro atoms. The number of carbonyl (C=O) groups is 2. The van der Waals surface area contributed by atoms with E-state index in [2.05, 4.69) is 10.3 Å². The number of aromatic nitrogens is 1. The van der Waals surface area contributed by atoms with Crippen molar-refractivity contribution in [2.45, 2.75) is 13.3 Å². The summed E-state index contributed by atoms with van der Waals surface area (Å²) < 4.78 is 19.6. The van der Waals surface area contributed by atoms with Gasteiger partial charge in [-0.1, -0.05) is 24.3 Å². The highest BCUT2D eigenvalue weighted by molar-refractivity contribution is 6.03. The van der Waals surface area contributed by atoms with Crippen LogP contribution in [-0.4, -0.2) is 16.7 Å². The van der Waals surface area contributed by atoms with Crippen LogP contribution in [-0.2, 0) is 11.2 Å². The Balaban J connectivity index is 1.90. The summed E-state index contributed by atoms with van der Waals surface area (Å²) in [5, 5.41) is 2.48. The second kappa shape index (κ2) is 6.00. The number of Topliss-reactive ketones (excluding diaryl/α,β-unsaturated/α-hetero) is 1. The summed E-state index contributed by atoms with van der Waals surface area (Å²) in [4.78, 5) is 27.2. The summed E-state index contributed by atoms with van der Waals surface area (Å²) in [6, 6.07) is 11.5. The third-order valence-corrected chi connectivity index (χ3v) is 3.27. The molecule has 1 aromatic heterocycles. The normalized spacial score (nSPS) is 10.7. The average molecular weight is 312 g/mol. The van der Waals surface area contributed by atoms with Crippen LogP contribution < -0.4 is 5.32 Å². The van der Waals surface area contributed by atoms with Crippen LogP contribution in [0.3, 0.4) is 0 Å². The molecule has 0 aliphatic rings. The third-order valence-electron chi connectivity index (χ3n) is 3.27. The lowest BCUT2D eigenvalue weighted by Crippen LogP contribution is -2.11. The predicted octanol–water partition coefficient (Wildman–Crippen LogP) is 3.35. The van der Waals surface area contributed by atoms with Gasteiger partial charge in [0.1, 0.15) is 11.3 Å². The van der Waals surface area contributed by atoms with Crippen LogP contribution in [0.15, 0.2) is 46.9 Å². The number of carbonyl (C=O) groups excluding carboxylic acids is 2. The number of rotatable bonds is 4. The smallest absolute Gasteiger partial charge is 0.302 e. The van der Waals surface area contributed by atoms with Crippen molar-refractivity contribution in [3.8, 4) is 0 Å². The Hall–Kier alpha value is -3.02. The number of fused-ring (bicyclic) bond motifs is 1. The van der Waals surface area contributed by atoms with E-state index < -0.39 is 11.7 Å². The number of nitrogens with one attached hydrogen (secondary N) is 1. The molecule has 0 aliphatic carbocycles. The lowest BCUT2D eigenvalue weighted by Gasteiger charge is -2.00. The lowest BCUT2D eigenvalue weighted by atomic mass is 10.1. The van der Waals surface area contributed by atoms with Crippen LogP contribution in [0.5, 0.6) is 0 Å². The van der Waals surface area contributed by atoms with Crippen molar-refractivity contribution < 1.29 is 18.4 Å². The first-order valence-electron chi connectivity index (χ1n) is 6.98. The molecule has 0 saturated carbocycles. The minimum absolute atomic E-state index is 0.0197. The second-order valence-corrected chi connectivity index (χ2v) is 5.10. The van der Waals surface area contributed by atoms with Gasteiger partial charge in [0.25, 0.3) is 5.91 Å². The number of hydrogen-bond acceptors (Lipinski definition) is 4. The fourth-order valence-corrected chi connectivity index (χ4v) is 2.22. The summed E-state index contributed by atoms with van der Waals surface area (Å²) in [7, 11) is 0. The van der Waals surface area contributed by atoms with Gasteiger partial charge in [0, 0.05) is 12.0 Å². The average Bonchev–Trinajstić information content (AvgIpc) is 2.94. The molecule has 3 aromatic rings. The number of benzene rings is 2. The molecule has 2 aromatic carbocycles. The molecule has 1 N–H and O–H groups in total. The molecular formula is C17H13FN2O3.